The van der Waals surface area contributed by atoms with Gasteiger partial charge in [0.1, 0.15) is 17.4 Å². The lowest BCUT2D eigenvalue weighted by Crippen LogP contribution is -2.13. The number of carbonyl (C=O) groups is 1. The molecule has 0 aromatic heterocycles. The van der Waals surface area contributed by atoms with Crippen molar-refractivity contribution >= 4 is 11.7 Å². The van der Waals surface area contributed by atoms with E-state index in [0.29, 0.717) is 25.1 Å². The van der Waals surface area contributed by atoms with Crippen LogP contribution in [0.25, 0.3) is 0 Å². The second-order valence-electron chi connectivity index (χ2n) is 4.34. The molecule has 0 amide bonds. The topological polar surface area (TPSA) is 62.1 Å². The Hall–Kier alpha value is -2.09. The van der Waals surface area contributed by atoms with Crippen molar-refractivity contribution in [3.05, 3.63) is 29.6 Å². The third kappa shape index (κ3) is 4.96. The van der Waals surface area contributed by atoms with Crippen molar-refractivity contribution in [2.24, 2.45) is 0 Å². The van der Waals surface area contributed by atoms with Crippen LogP contribution in [-0.2, 0) is 9.53 Å². The molecule has 0 heterocycles. The second kappa shape index (κ2) is 7.37. The maximum Gasteiger partial charge on any atom is 0.306 e. The number of carbonyl (C=O) groups excluding carboxylic acids is 1. The van der Waals surface area contributed by atoms with Gasteiger partial charge in [0.05, 0.1) is 11.8 Å². The fourth-order valence-corrected chi connectivity index (χ4v) is 1.56. The molecule has 102 valence electrons. The van der Waals surface area contributed by atoms with Gasteiger partial charge in [0, 0.05) is 13.0 Å². The minimum absolute atomic E-state index is 0.00717. The molecule has 1 aromatic rings. The molecule has 0 aliphatic rings. The molecule has 1 N–H and O–H groups in total. The Labute approximate surface area is 112 Å². The quantitative estimate of drug-likeness (QED) is 0.634. The van der Waals surface area contributed by atoms with Crippen molar-refractivity contribution in [3.63, 3.8) is 0 Å². The predicted molar refractivity (Wildman–Crippen MR) is 70.1 cm³/mol. The Morgan fingerprint density at radius 1 is 1.53 bits per heavy atom. The SMILES string of the molecule is CC(C)OC(=O)CCCNc1cccc(F)c1C#N. The van der Waals surface area contributed by atoms with Crippen molar-refractivity contribution in [1.82, 2.24) is 0 Å². The molecule has 0 fully saturated rings. The minimum atomic E-state index is -0.549. The van der Waals surface area contributed by atoms with Crippen LogP contribution < -0.4 is 5.32 Å². The maximum absolute atomic E-state index is 13.3. The summed E-state index contributed by atoms with van der Waals surface area (Å²) in [6.45, 7) is 4.06. The number of halogens is 1. The van der Waals surface area contributed by atoms with Crippen LogP contribution in [0.1, 0.15) is 32.3 Å². The Bertz CT molecular complexity index is 481. The van der Waals surface area contributed by atoms with Crippen LogP contribution in [0.15, 0.2) is 18.2 Å². The summed E-state index contributed by atoms with van der Waals surface area (Å²) in [4.78, 5) is 11.3. The lowest BCUT2D eigenvalue weighted by Gasteiger charge is -2.09. The molecule has 0 unspecified atom stereocenters. The molecule has 19 heavy (non-hydrogen) atoms. The first-order valence-electron chi connectivity index (χ1n) is 6.16. The fourth-order valence-electron chi connectivity index (χ4n) is 1.56. The molecule has 1 rings (SSSR count). The number of hydrogen-bond acceptors (Lipinski definition) is 4. The molecular formula is C14H17FN2O2. The predicted octanol–water partition coefficient (Wildman–Crippen LogP) is 2.84. The molecule has 0 saturated heterocycles. The molecule has 4 nitrogen and oxygen atoms in total. The normalized spacial score (nSPS) is 10.1. The van der Waals surface area contributed by atoms with Crippen molar-refractivity contribution < 1.29 is 13.9 Å². The number of nitriles is 1. The first-order valence-corrected chi connectivity index (χ1v) is 6.16. The lowest BCUT2D eigenvalue weighted by atomic mass is 10.2. The van der Waals surface area contributed by atoms with Crippen molar-refractivity contribution in [2.45, 2.75) is 32.8 Å². The number of benzene rings is 1. The molecular weight excluding hydrogens is 247 g/mol. The summed E-state index contributed by atoms with van der Waals surface area (Å²) in [6.07, 6.45) is 0.740. The van der Waals surface area contributed by atoms with Gasteiger partial charge < -0.3 is 10.1 Å². The Morgan fingerprint density at radius 3 is 2.89 bits per heavy atom. The Balaban J connectivity index is 2.40. The van der Waals surface area contributed by atoms with Gasteiger partial charge >= 0.3 is 5.97 Å². The number of esters is 1. The molecule has 0 spiro atoms. The molecule has 5 heteroatoms. The number of nitrogens with one attached hydrogen (secondary N) is 1. The Kier molecular flexibility index (Phi) is 5.80. The zero-order valence-electron chi connectivity index (χ0n) is 11.1. The van der Waals surface area contributed by atoms with E-state index >= 15 is 0 Å². The molecule has 0 aliphatic carbocycles. The highest BCUT2D eigenvalue weighted by atomic mass is 19.1. The van der Waals surface area contributed by atoms with Crippen LogP contribution in [0.3, 0.4) is 0 Å². The number of ether oxygens (including phenoxy) is 1. The highest BCUT2D eigenvalue weighted by molar-refractivity contribution is 5.69. The van der Waals surface area contributed by atoms with E-state index in [1.165, 1.54) is 12.1 Å². The van der Waals surface area contributed by atoms with Gasteiger partial charge in [0.2, 0.25) is 0 Å². The van der Waals surface area contributed by atoms with Gasteiger partial charge in [-0.25, -0.2) is 4.39 Å². The number of nitrogens with zero attached hydrogens (tertiary/aromatic N) is 1. The van der Waals surface area contributed by atoms with Crippen LogP contribution >= 0.6 is 0 Å². The van der Waals surface area contributed by atoms with Gasteiger partial charge in [0.15, 0.2) is 0 Å². The first-order chi connectivity index (χ1) is 9.04. The van der Waals surface area contributed by atoms with E-state index in [-0.39, 0.29) is 17.6 Å². The van der Waals surface area contributed by atoms with Crippen molar-refractivity contribution in [1.29, 1.82) is 5.26 Å². The van der Waals surface area contributed by atoms with Crippen LogP contribution in [0, 0.1) is 17.1 Å². The highest BCUT2D eigenvalue weighted by Gasteiger charge is 2.08. The third-order valence-corrected chi connectivity index (χ3v) is 2.37. The molecule has 1 aromatic carbocycles. The summed E-state index contributed by atoms with van der Waals surface area (Å²) >= 11 is 0. The average molecular weight is 264 g/mol. The van der Waals surface area contributed by atoms with Crippen LogP contribution in [0.2, 0.25) is 0 Å². The summed E-state index contributed by atoms with van der Waals surface area (Å²) in [5.41, 5.74) is 0.437. The largest absolute Gasteiger partial charge is 0.463 e. The average Bonchev–Trinajstić information content (AvgIpc) is 2.34. The number of rotatable bonds is 6. The van der Waals surface area contributed by atoms with Crippen molar-refractivity contribution in [2.75, 3.05) is 11.9 Å². The molecule has 0 saturated carbocycles. The lowest BCUT2D eigenvalue weighted by molar-refractivity contribution is -0.147. The van der Waals surface area contributed by atoms with E-state index in [4.69, 9.17) is 10.00 Å². The van der Waals surface area contributed by atoms with Crippen LogP contribution in [-0.4, -0.2) is 18.6 Å². The summed E-state index contributed by atoms with van der Waals surface area (Å²) in [5.74, 6) is -0.803. The molecule has 0 bridgehead atoms. The monoisotopic (exact) mass is 264 g/mol. The summed E-state index contributed by atoms with van der Waals surface area (Å²) in [7, 11) is 0. The minimum Gasteiger partial charge on any atom is -0.463 e. The smallest absolute Gasteiger partial charge is 0.306 e. The molecule has 0 radical (unpaired) electrons. The fraction of sp³-hybridized carbons (Fsp3) is 0.429. The Morgan fingerprint density at radius 2 is 2.26 bits per heavy atom. The summed E-state index contributed by atoms with van der Waals surface area (Å²) < 4.78 is 18.3. The van der Waals surface area contributed by atoms with E-state index in [9.17, 15) is 9.18 Å². The van der Waals surface area contributed by atoms with Crippen LogP contribution in [0.5, 0.6) is 0 Å². The van der Waals surface area contributed by atoms with E-state index in [0.717, 1.165) is 0 Å². The van der Waals surface area contributed by atoms with Gasteiger partial charge in [-0.1, -0.05) is 6.07 Å². The summed E-state index contributed by atoms with van der Waals surface area (Å²) in [5, 5.41) is 11.8. The van der Waals surface area contributed by atoms with Gasteiger partial charge in [-0.15, -0.1) is 0 Å². The van der Waals surface area contributed by atoms with Crippen molar-refractivity contribution in [3.8, 4) is 6.07 Å². The highest BCUT2D eigenvalue weighted by Crippen LogP contribution is 2.17. The molecule has 0 aliphatic heterocycles. The van der Waals surface area contributed by atoms with E-state index in [1.807, 2.05) is 6.07 Å². The van der Waals surface area contributed by atoms with Gasteiger partial charge in [-0.2, -0.15) is 5.26 Å². The number of anilines is 1. The van der Waals surface area contributed by atoms with Crippen LogP contribution in [0.4, 0.5) is 10.1 Å². The standard InChI is InChI=1S/C14H17FN2O2/c1-10(2)19-14(18)7-4-8-17-13-6-3-5-12(15)11(13)9-16/h3,5-6,10,17H,4,7-8H2,1-2H3. The maximum atomic E-state index is 13.3. The molecule has 0 atom stereocenters. The number of hydrogen-bond donors (Lipinski definition) is 1. The van der Waals surface area contributed by atoms with Gasteiger partial charge in [0.25, 0.3) is 0 Å². The van der Waals surface area contributed by atoms with E-state index in [2.05, 4.69) is 5.32 Å². The van der Waals surface area contributed by atoms with Gasteiger partial charge in [-0.3, -0.25) is 4.79 Å². The van der Waals surface area contributed by atoms with E-state index < -0.39 is 5.82 Å². The summed E-state index contributed by atoms with van der Waals surface area (Å²) in [6, 6.07) is 6.22. The first kappa shape index (κ1) is 15.0. The second-order valence-corrected chi connectivity index (χ2v) is 4.34. The third-order valence-electron chi connectivity index (χ3n) is 2.37. The zero-order chi connectivity index (χ0) is 14.3. The zero-order valence-corrected chi connectivity index (χ0v) is 11.1. The van der Waals surface area contributed by atoms with Gasteiger partial charge in [-0.05, 0) is 32.4 Å². The van der Waals surface area contributed by atoms with E-state index in [1.54, 1.807) is 19.9 Å².